The first kappa shape index (κ1) is 16.9. The average Bonchev–Trinajstić information content (AvgIpc) is 2.49. The quantitative estimate of drug-likeness (QED) is 0.803. The molecule has 0 aliphatic heterocycles. The Kier molecular flexibility index (Phi) is 5.63. The van der Waals surface area contributed by atoms with Gasteiger partial charge in [-0.15, -0.1) is 0 Å². The number of benzene rings is 2. The molecule has 1 atom stereocenters. The van der Waals surface area contributed by atoms with Gasteiger partial charge in [-0.3, -0.25) is 4.79 Å². The number of nitrogens with one attached hydrogen (secondary N) is 1. The van der Waals surface area contributed by atoms with Crippen LogP contribution in [0.25, 0.3) is 0 Å². The molecule has 0 radical (unpaired) electrons. The van der Waals surface area contributed by atoms with Gasteiger partial charge < -0.3 is 15.8 Å². The summed E-state index contributed by atoms with van der Waals surface area (Å²) in [7, 11) is 0. The molecule has 4 nitrogen and oxygen atoms in total. The van der Waals surface area contributed by atoms with E-state index in [0.29, 0.717) is 12.1 Å². The fraction of sp³-hybridized carbons (Fsp3) is 0.316. The highest BCUT2D eigenvalue weighted by atomic mass is 16.5. The van der Waals surface area contributed by atoms with Crippen molar-refractivity contribution >= 4 is 11.6 Å². The van der Waals surface area contributed by atoms with Crippen LogP contribution in [-0.2, 0) is 11.2 Å². The number of ether oxygens (including phenoxy) is 1. The Labute approximate surface area is 137 Å². The van der Waals surface area contributed by atoms with Crippen LogP contribution in [0.3, 0.4) is 0 Å². The lowest BCUT2D eigenvalue weighted by atomic mass is 10.1. The molecular formula is C19H24N2O2. The first-order valence-corrected chi connectivity index (χ1v) is 7.84. The normalized spacial score (nSPS) is 12.0. The third kappa shape index (κ3) is 5.33. The van der Waals surface area contributed by atoms with Crippen LogP contribution in [0.1, 0.15) is 37.9 Å². The Bertz CT molecular complexity index is 633. The van der Waals surface area contributed by atoms with E-state index in [-0.39, 0.29) is 18.1 Å². The number of amides is 1. The number of carbonyl (C=O) groups excluding carboxylic acids is 1. The highest BCUT2D eigenvalue weighted by Crippen LogP contribution is 2.18. The molecule has 122 valence electrons. The van der Waals surface area contributed by atoms with Gasteiger partial charge in [0.05, 0.1) is 18.6 Å². The summed E-state index contributed by atoms with van der Waals surface area (Å²) < 4.78 is 5.62. The highest BCUT2D eigenvalue weighted by Gasteiger charge is 2.10. The molecule has 23 heavy (non-hydrogen) atoms. The molecule has 0 fully saturated rings. The van der Waals surface area contributed by atoms with Gasteiger partial charge in [-0.05, 0) is 56.2 Å². The van der Waals surface area contributed by atoms with Crippen LogP contribution in [0.4, 0.5) is 5.69 Å². The van der Waals surface area contributed by atoms with E-state index >= 15 is 0 Å². The lowest BCUT2D eigenvalue weighted by Gasteiger charge is -2.16. The predicted octanol–water partition coefficient (Wildman–Crippen LogP) is 3.48. The zero-order valence-corrected chi connectivity index (χ0v) is 13.9. The summed E-state index contributed by atoms with van der Waals surface area (Å²) in [6.07, 6.45) is 0.497. The molecule has 2 aromatic rings. The van der Waals surface area contributed by atoms with Crippen LogP contribution in [0, 0.1) is 0 Å². The summed E-state index contributed by atoms with van der Waals surface area (Å²) >= 11 is 0. The van der Waals surface area contributed by atoms with Crippen molar-refractivity contribution in [1.82, 2.24) is 5.32 Å². The number of anilines is 1. The smallest absolute Gasteiger partial charge is 0.224 e. The molecule has 2 aromatic carbocycles. The minimum Gasteiger partial charge on any atom is -0.491 e. The summed E-state index contributed by atoms with van der Waals surface area (Å²) in [6, 6.07) is 15.1. The number of hydrogen-bond donors (Lipinski definition) is 2. The Morgan fingerprint density at radius 1 is 1.04 bits per heavy atom. The number of nitrogens with two attached hydrogens (primary N) is 1. The fourth-order valence-corrected chi connectivity index (χ4v) is 2.30. The maximum atomic E-state index is 12.1. The zero-order chi connectivity index (χ0) is 16.8. The van der Waals surface area contributed by atoms with Crippen LogP contribution in [0.15, 0.2) is 48.5 Å². The molecule has 0 heterocycles. The van der Waals surface area contributed by atoms with Crippen LogP contribution in [0.5, 0.6) is 5.75 Å². The molecule has 0 bridgehead atoms. The Balaban J connectivity index is 1.91. The monoisotopic (exact) mass is 312 g/mol. The van der Waals surface area contributed by atoms with E-state index in [4.69, 9.17) is 10.5 Å². The summed E-state index contributed by atoms with van der Waals surface area (Å²) in [4.78, 5) is 12.1. The lowest BCUT2D eigenvalue weighted by Crippen LogP contribution is -2.28. The number of hydrogen-bond acceptors (Lipinski definition) is 3. The fourth-order valence-electron chi connectivity index (χ4n) is 2.30. The summed E-state index contributed by atoms with van der Waals surface area (Å²) in [5, 5.41) is 3.01. The van der Waals surface area contributed by atoms with Gasteiger partial charge in [0.1, 0.15) is 5.75 Å². The SMILES string of the molecule is CC(C)Oc1ccc(C(C)NC(=O)Cc2ccc(N)cc2)cc1. The molecule has 0 aliphatic rings. The van der Waals surface area contributed by atoms with Gasteiger partial charge in [0.15, 0.2) is 0 Å². The predicted molar refractivity (Wildman–Crippen MR) is 93.3 cm³/mol. The van der Waals surface area contributed by atoms with Crippen molar-refractivity contribution in [3.63, 3.8) is 0 Å². The first-order chi connectivity index (χ1) is 10.9. The third-order valence-electron chi connectivity index (χ3n) is 3.47. The lowest BCUT2D eigenvalue weighted by molar-refractivity contribution is -0.121. The van der Waals surface area contributed by atoms with Gasteiger partial charge >= 0.3 is 0 Å². The van der Waals surface area contributed by atoms with Crippen molar-refractivity contribution in [2.24, 2.45) is 0 Å². The molecule has 3 N–H and O–H groups in total. The largest absolute Gasteiger partial charge is 0.491 e. The van der Waals surface area contributed by atoms with E-state index in [2.05, 4.69) is 5.32 Å². The maximum absolute atomic E-state index is 12.1. The van der Waals surface area contributed by atoms with Crippen LogP contribution >= 0.6 is 0 Å². The molecule has 0 spiro atoms. The molecule has 0 saturated heterocycles. The van der Waals surface area contributed by atoms with E-state index in [1.807, 2.05) is 57.2 Å². The van der Waals surface area contributed by atoms with Gasteiger partial charge in [0.25, 0.3) is 0 Å². The Hall–Kier alpha value is -2.49. The minimum atomic E-state index is -0.0515. The molecule has 0 aliphatic carbocycles. The average molecular weight is 312 g/mol. The van der Waals surface area contributed by atoms with Gasteiger partial charge in [-0.1, -0.05) is 24.3 Å². The molecule has 1 unspecified atom stereocenters. The molecule has 0 saturated carbocycles. The number of rotatable bonds is 6. The second-order valence-electron chi connectivity index (χ2n) is 5.94. The molecular weight excluding hydrogens is 288 g/mol. The summed E-state index contributed by atoms with van der Waals surface area (Å²) in [5.74, 6) is 0.828. The van der Waals surface area contributed by atoms with E-state index in [1.165, 1.54) is 0 Å². The van der Waals surface area contributed by atoms with E-state index < -0.39 is 0 Å². The van der Waals surface area contributed by atoms with Gasteiger partial charge in [-0.2, -0.15) is 0 Å². The Morgan fingerprint density at radius 3 is 2.22 bits per heavy atom. The van der Waals surface area contributed by atoms with Crippen LogP contribution < -0.4 is 15.8 Å². The van der Waals surface area contributed by atoms with Crippen molar-refractivity contribution in [3.8, 4) is 5.75 Å². The number of carbonyl (C=O) groups is 1. The zero-order valence-electron chi connectivity index (χ0n) is 13.9. The standard InChI is InChI=1S/C19H24N2O2/c1-13(2)23-18-10-6-16(7-11-18)14(3)21-19(22)12-15-4-8-17(20)9-5-15/h4-11,13-14H,12,20H2,1-3H3,(H,21,22). The van der Waals surface area contributed by atoms with Crippen molar-refractivity contribution in [2.75, 3.05) is 5.73 Å². The van der Waals surface area contributed by atoms with Gasteiger partial charge in [-0.25, -0.2) is 0 Å². The van der Waals surface area contributed by atoms with Crippen molar-refractivity contribution in [1.29, 1.82) is 0 Å². The second-order valence-corrected chi connectivity index (χ2v) is 5.94. The topological polar surface area (TPSA) is 64.3 Å². The molecule has 4 heteroatoms. The summed E-state index contributed by atoms with van der Waals surface area (Å²) in [5.41, 5.74) is 8.34. The maximum Gasteiger partial charge on any atom is 0.224 e. The first-order valence-electron chi connectivity index (χ1n) is 7.84. The van der Waals surface area contributed by atoms with E-state index in [0.717, 1.165) is 16.9 Å². The molecule has 2 rings (SSSR count). The Morgan fingerprint density at radius 2 is 1.65 bits per heavy atom. The molecule has 1 amide bonds. The minimum absolute atomic E-state index is 0.00946. The van der Waals surface area contributed by atoms with E-state index in [1.54, 1.807) is 12.1 Å². The highest BCUT2D eigenvalue weighted by molar-refractivity contribution is 5.79. The van der Waals surface area contributed by atoms with Gasteiger partial charge in [0, 0.05) is 5.69 Å². The van der Waals surface area contributed by atoms with Crippen molar-refractivity contribution in [3.05, 3.63) is 59.7 Å². The van der Waals surface area contributed by atoms with Crippen molar-refractivity contribution < 1.29 is 9.53 Å². The van der Waals surface area contributed by atoms with Crippen molar-refractivity contribution in [2.45, 2.75) is 39.3 Å². The van der Waals surface area contributed by atoms with E-state index in [9.17, 15) is 4.79 Å². The number of nitrogen functional groups attached to an aromatic ring is 1. The second kappa shape index (κ2) is 7.68. The van der Waals surface area contributed by atoms with Crippen LogP contribution in [-0.4, -0.2) is 12.0 Å². The van der Waals surface area contributed by atoms with Crippen LogP contribution in [0.2, 0.25) is 0 Å². The summed E-state index contributed by atoms with van der Waals surface area (Å²) in [6.45, 7) is 5.96. The molecule has 0 aromatic heterocycles. The van der Waals surface area contributed by atoms with Gasteiger partial charge in [0.2, 0.25) is 5.91 Å². The third-order valence-corrected chi connectivity index (χ3v) is 3.47.